The number of esters is 1. The van der Waals surface area contributed by atoms with Crippen molar-refractivity contribution in [1.82, 2.24) is 5.32 Å². The molecule has 2 unspecified atom stereocenters. The van der Waals surface area contributed by atoms with Crippen LogP contribution < -0.4 is 5.32 Å². The van der Waals surface area contributed by atoms with Crippen molar-refractivity contribution in [2.45, 2.75) is 469 Å². The first-order chi connectivity index (χ1) is 42.0. The van der Waals surface area contributed by atoms with Gasteiger partial charge < -0.3 is 20.3 Å². The number of nitrogens with one attached hydrogen (secondary N) is 1. The highest BCUT2D eigenvalue weighted by molar-refractivity contribution is 5.76. The van der Waals surface area contributed by atoms with Crippen molar-refractivity contribution >= 4 is 11.9 Å². The van der Waals surface area contributed by atoms with Crippen molar-refractivity contribution in [3.8, 4) is 0 Å². The fraction of sp³-hybridized carbons (Fsp3) is 0.949. The summed E-state index contributed by atoms with van der Waals surface area (Å²) in [6.07, 6.45) is 94.5. The van der Waals surface area contributed by atoms with E-state index < -0.39 is 12.1 Å². The summed E-state index contributed by atoms with van der Waals surface area (Å²) in [6.45, 7) is 4.98. The Morgan fingerprint density at radius 3 is 0.859 bits per heavy atom. The summed E-state index contributed by atoms with van der Waals surface area (Å²) in [7, 11) is 0. The van der Waals surface area contributed by atoms with E-state index in [1.54, 1.807) is 0 Å². The van der Waals surface area contributed by atoms with Gasteiger partial charge in [-0.25, -0.2) is 0 Å². The SMILES string of the molecule is CCCCC/C=C\CCCCCCCC(=O)OCCCCCCCCCCCCCCCCCCCCCCCCCCCCCCCCCCCCCC(=O)NC(CO)C(O)CCCCCCCCCCCCCCCCCCCCCCC. The van der Waals surface area contributed by atoms with E-state index in [1.165, 1.54) is 379 Å². The average Bonchev–Trinajstić information content (AvgIpc) is 3.51. The van der Waals surface area contributed by atoms with E-state index >= 15 is 0 Å². The first-order valence-electron chi connectivity index (χ1n) is 39.4. The molecular weight excluding hydrogens is 1040 g/mol. The van der Waals surface area contributed by atoms with E-state index in [2.05, 4.69) is 31.3 Å². The lowest BCUT2D eigenvalue weighted by Crippen LogP contribution is -2.45. The number of hydrogen-bond acceptors (Lipinski definition) is 5. The van der Waals surface area contributed by atoms with E-state index in [0.717, 1.165) is 44.9 Å². The van der Waals surface area contributed by atoms with Gasteiger partial charge in [0.05, 0.1) is 25.4 Å². The van der Waals surface area contributed by atoms with Crippen molar-refractivity contribution in [3.05, 3.63) is 12.2 Å². The molecule has 0 saturated carbocycles. The van der Waals surface area contributed by atoms with E-state index in [1.807, 2.05) is 0 Å². The van der Waals surface area contributed by atoms with Crippen LogP contribution in [-0.4, -0.2) is 47.4 Å². The minimum Gasteiger partial charge on any atom is -0.466 e. The van der Waals surface area contributed by atoms with Crippen LogP contribution in [0.3, 0.4) is 0 Å². The normalized spacial score (nSPS) is 12.5. The summed E-state index contributed by atoms with van der Waals surface area (Å²) in [4.78, 5) is 24.6. The second-order valence-corrected chi connectivity index (χ2v) is 27.4. The molecular formula is C79H155NO5. The molecule has 2 atom stereocenters. The highest BCUT2D eigenvalue weighted by atomic mass is 16.5. The predicted molar refractivity (Wildman–Crippen MR) is 375 cm³/mol. The summed E-state index contributed by atoms with van der Waals surface area (Å²) in [6, 6.07) is -0.538. The first-order valence-corrected chi connectivity index (χ1v) is 39.4. The molecule has 0 spiro atoms. The predicted octanol–water partition coefficient (Wildman–Crippen LogP) is 25.9. The molecule has 0 saturated heterocycles. The number of hydrogen-bond donors (Lipinski definition) is 3. The third-order valence-corrected chi connectivity index (χ3v) is 18.8. The van der Waals surface area contributed by atoms with Crippen molar-refractivity contribution < 1.29 is 24.5 Å². The topological polar surface area (TPSA) is 95.9 Å². The fourth-order valence-electron chi connectivity index (χ4n) is 12.8. The molecule has 6 heteroatoms. The molecule has 0 aliphatic carbocycles. The van der Waals surface area contributed by atoms with Gasteiger partial charge in [-0.3, -0.25) is 9.59 Å². The average molecular weight is 1200 g/mol. The fourth-order valence-corrected chi connectivity index (χ4v) is 12.8. The molecule has 0 rings (SSSR count). The van der Waals surface area contributed by atoms with Gasteiger partial charge in [-0.15, -0.1) is 0 Å². The molecule has 0 aromatic heterocycles. The minimum atomic E-state index is -0.661. The standard InChI is InChI=1S/C79H155NO5/c1-3-5-7-9-11-13-15-17-18-19-20-36-39-42-45-48-51-55-59-63-67-71-77(82)76(75-81)80-78(83)72-68-64-60-56-52-49-46-43-40-37-34-32-30-28-26-24-22-21-23-25-27-29-31-33-35-38-41-44-47-50-54-58-62-66-70-74-85-79(84)73-69-65-61-57-53-16-14-12-10-8-6-4-2/h12,14,76-77,81-82H,3-11,13,15-75H2,1-2H3,(H,80,83)/b14-12-. The summed E-state index contributed by atoms with van der Waals surface area (Å²) in [5.41, 5.74) is 0. The number of allylic oxidation sites excluding steroid dienone is 2. The zero-order chi connectivity index (χ0) is 61.3. The number of amides is 1. The third-order valence-electron chi connectivity index (χ3n) is 18.8. The van der Waals surface area contributed by atoms with Crippen LogP contribution in [0.4, 0.5) is 0 Å². The third kappa shape index (κ3) is 71.6. The molecule has 0 aliphatic heterocycles. The molecule has 0 aromatic rings. The number of aliphatic hydroxyl groups is 2. The van der Waals surface area contributed by atoms with Crippen LogP contribution in [0.15, 0.2) is 12.2 Å². The smallest absolute Gasteiger partial charge is 0.305 e. The molecule has 85 heavy (non-hydrogen) atoms. The lowest BCUT2D eigenvalue weighted by atomic mass is 10.0. The van der Waals surface area contributed by atoms with Gasteiger partial charge in [-0.05, 0) is 51.4 Å². The number of aliphatic hydroxyl groups excluding tert-OH is 2. The highest BCUT2D eigenvalue weighted by Gasteiger charge is 2.20. The quantitative estimate of drug-likeness (QED) is 0.0320. The van der Waals surface area contributed by atoms with Crippen molar-refractivity contribution in [3.63, 3.8) is 0 Å². The summed E-state index contributed by atoms with van der Waals surface area (Å²) in [5, 5.41) is 23.5. The maximum Gasteiger partial charge on any atom is 0.305 e. The first kappa shape index (κ1) is 83.6. The second-order valence-electron chi connectivity index (χ2n) is 27.4. The lowest BCUT2D eigenvalue weighted by molar-refractivity contribution is -0.143. The largest absolute Gasteiger partial charge is 0.466 e. The van der Waals surface area contributed by atoms with Crippen molar-refractivity contribution in [2.75, 3.05) is 13.2 Å². The zero-order valence-electron chi connectivity index (χ0n) is 58.1. The van der Waals surface area contributed by atoms with Gasteiger partial charge >= 0.3 is 5.97 Å². The Hall–Kier alpha value is -1.40. The van der Waals surface area contributed by atoms with Crippen LogP contribution in [0.1, 0.15) is 457 Å². The molecule has 0 fully saturated rings. The lowest BCUT2D eigenvalue weighted by Gasteiger charge is -2.22. The molecule has 3 N–H and O–H groups in total. The number of carbonyl (C=O) groups is 2. The van der Waals surface area contributed by atoms with Gasteiger partial charge in [-0.1, -0.05) is 405 Å². The van der Waals surface area contributed by atoms with Crippen LogP contribution in [0, 0.1) is 0 Å². The second kappa shape index (κ2) is 75.1. The van der Waals surface area contributed by atoms with Gasteiger partial charge in [0.1, 0.15) is 0 Å². The van der Waals surface area contributed by atoms with E-state index in [9.17, 15) is 19.8 Å². The Balaban J connectivity index is 3.31. The molecule has 1 amide bonds. The molecule has 0 radical (unpaired) electrons. The van der Waals surface area contributed by atoms with Crippen molar-refractivity contribution in [2.24, 2.45) is 0 Å². The monoisotopic (exact) mass is 1200 g/mol. The number of unbranched alkanes of at least 4 members (excludes halogenated alkanes) is 62. The Morgan fingerprint density at radius 1 is 0.318 bits per heavy atom. The van der Waals surface area contributed by atoms with Crippen LogP contribution in [0.2, 0.25) is 0 Å². The van der Waals surface area contributed by atoms with Crippen LogP contribution in [-0.2, 0) is 14.3 Å². The number of carbonyl (C=O) groups excluding carboxylic acids is 2. The molecule has 0 aromatic carbocycles. The molecule has 506 valence electrons. The van der Waals surface area contributed by atoms with Gasteiger partial charge in [0.25, 0.3) is 0 Å². The Kier molecular flexibility index (Phi) is 73.8. The van der Waals surface area contributed by atoms with E-state index in [0.29, 0.717) is 25.9 Å². The minimum absolute atomic E-state index is 0.0135. The molecule has 6 nitrogen and oxygen atoms in total. The van der Waals surface area contributed by atoms with Gasteiger partial charge in [0.2, 0.25) is 5.91 Å². The number of ether oxygens (including phenoxy) is 1. The summed E-state index contributed by atoms with van der Waals surface area (Å²) in [5.74, 6) is -0.0105. The Morgan fingerprint density at radius 2 is 0.553 bits per heavy atom. The summed E-state index contributed by atoms with van der Waals surface area (Å²) < 4.78 is 5.48. The van der Waals surface area contributed by atoms with Crippen LogP contribution >= 0.6 is 0 Å². The van der Waals surface area contributed by atoms with Crippen LogP contribution in [0.25, 0.3) is 0 Å². The molecule has 0 heterocycles. The molecule has 0 bridgehead atoms. The van der Waals surface area contributed by atoms with E-state index in [4.69, 9.17) is 4.74 Å². The number of rotatable bonds is 75. The molecule has 0 aliphatic rings. The van der Waals surface area contributed by atoms with Gasteiger partial charge in [-0.2, -0.15) is 0 Å². The highest BCUT2D eigenvalue weighted by Crippen LogP contribution is 2.20. The zero-order valence-corrected chi connectivity index (χ0v) is 58.1. The van der Waals surface area contributed by atoms with Crippen molar-refractivity contribution in [1.29, 1.82) is 0 Å². The van der Waals surface area contributed by atoms with Crippen LogP contribution in [0.5, 0.6) is 0 Å². The summed E-state index contributed by atoms with van der Waals surface area (Å²) >= 11 is 0. The van der Waals surface area contributed by atoms with E-state index in [-0.39, 0.29) is 18.5 Å². The Labute approximate surface area is 533 Å². The van der Waals surface area contributed by atoms with Gasteiger partial charge in [0, 0.05) is 12.8 Å². The van der Waals surface area contributed by atoms with Gasteiger partial charge in [0.15, 0.2) is 0 Å². The maximum atomic E-state index is 12.6. The Bertz CT molecular complexity index is 1290. The maximum absolute atomic E-state index is 12.6.